The molecule has 0 saturated carbocycles. The summed E-state index contributed by atoms with van der Waals surface area (Å²) in [6.07, 6.45) is -104. The van der Waals surface area contributed by atoms with Crippen LogP contribution in [-0.2, 0) is 99.6 Å². The molecule has 10 rings (SSSR count). The van der Waals surface area contributed by atoms with Gasteiger partial charge >= 0.3 is 0 Å². The molecule has 53 heteroatoms. The molecule has 53 nitrogen and oxygen atoms in total. The van der Waals surface area contributed by atoms with Crippen molar-refractivity contribution in [2.24, 2.45) is 0 Å². The van der Waals surface area contributed by atoms with Crippen molar-refractivity contribution in [1.29, 1.82) is 0 Å². The van der Waals surface area contributed by atoms with Gasteiger partial charge in [-0.15, -0.1) is 0 Å². The third-order valence-electron chi connectivity index (χ3n) is 21.7. The summed E-state index contributed by atoms with van der Waals surface area (Å²) >= 11 is 0. The minimum absolute atomic E-state index is 0.802. The quantitative estimate of drug-likeness (QED) is 0.0318. The van der Waals surface area contributed by atoms with Gasteiger partial charge in [-0.1, -0.05) is 0 Å². The molecule has 10 saturated heterocycles. The number of hydrogen-bond donors (Lipinski definition) is 32. The van der Waals surface area contributed by atoms with Gasteiger partial charge in [0.2, 0.25) is 11.8 Å². The number of nitrogens with one attached hydrogen (secondary N) is 2. The van der Waals surface area contributed by atoms with E-state index in [4.69, 9.17) is 90.0 Å². The zero-order valence-electron chi connectivity index (χ0n) is 61.9. The average Bonchev–Trinajstić information content (AvgIpc) is 0.769. The molecule has 32 N–H and O–H groups in total. The predicted octanol–water partition coefficient (Wildman–Crippen LogP) is -22.5. The van der Waals surface area contributed by atoms with Crippen LogP contribution in [0.4, 0.5) is 0 Å². The van der Waals surface area contributed by atoms with Crippen LogP contribution in [0.2, 0.25) is 0 Å². The summed E-state index contributed by atoms with van der Waals surface area (Å²) in [5.41, 5.74) is 0. The minimum Gasteiger partial charge on any atom is -0.394 e. The molecule has 0 aromatic carbocycles. The Morgan fingerprint density at radius 2 is 0.470 bits per heavy atom. The van der Waals surface area contributed by atoms with Crippen molar-refractivity contribution in [3.05, 3.63) is 0 Å². The highest BCUT2D eigenvalue weighted by atomic mass is 16.8. The number of aliphatic hydroxyl groups is 30. The Hall–Kier alpha value is -3.02. The van der Waals surface area contributed by atoms with Crippen molar-refractivity contribution in [3.8, 4) is 0 Å². The Morgan fingerprint density at radius 3 is 0.838 bits per heavy atom. The fraction of sp³-hybridized carbons (Fsp3) is 0.969. The first-order chi connectivity index (χ1) is 55.4. The lowest BCUT2D eigenvalue weighted by Gasteiger charge is -2.51. The van der Waals surface area contributed by atoms with Gasteiger partial charge < -0.3 is 254 Å². The molecule has 680 valence electrons. The number of aliphatic hydroxyl groups excluding tert-OH is 30. The van der Waals surface area contributed by atoms with Gasteiger partial charge in [0, 0.05) is 13.8 Å². The van der Waals surface area contributed by atoms with Crippen LogP contribution in [0.1, 0.15) is 13.8 Å². The van der Waals surface area contributed by atoms with Crippen LogP contribution in [0.15, 0.2) is 0 Å². The topological polar surface area (TPSA) is 840 Å². The second kappa shape index (κ2) is 41.9. The summed E-state index contributed by atoms with van der Waals surface area (Å²) in [7, 11) is 0. The van der Waals surface area contributed by atoms with Crippen LogP contribution in [0.3, 0.4) is 0 Å². The van der Waals surface area contributed by atoms with Gasteiger partial charge in [-0.3, -0.25) is 9.59 Å². The average molecular weight is 1720 g/mol. The van der Waals surface area contributed by atoms with Gasteiger partial charge in [0.25, 0.3) is 0 Å². The van der Waals surface area contributed by atoms with Crippen LogP contribution in [0.25, 0.3) is 0 Å². The van der Waals surface area contributed by atoms with Gasteiger partial charge in [-0.25, -0.2) is 0 Å². The third-order valence-corrected chi connectivity index (χ3v) is 21.7. The second-order valence-corrected chi connectivity index (χ2v) is 29.5. The van der Waals surface area contributed by atoms with Gasteiger partial charge in [-0.2, -0.15) is 0 Å². The molecule has 0 aliphatic carbocycles. The highest BCUT2D eigenvalue weighted by Crippen LogP contribution is 2.40. The molecule has 2 amide bonds. The second-order valence-electron chi connectivity index (χ2n) is 29.5. The number of rotatable bonds is 30. The van der Waals surface area contributed by atoms with Gasteiger partial charge in [0.1, 0.15) is 244 Å². The summed E-state index contributed by atoms with van der Waals surface area (Å²) in [5.74, 6) is -1.77. The van der Waals surface area contributed by atoms with Crippen LogP contribution in [0, 0.1) is 0 Å². The molecule has 10 aliphatic rings. The Kier molecular flexibility index (Phi) is 34.4. The third kappa shape index (κ3) is 20.7. The number of amides is 2. The van der Waals surface area contributed by atoms with Crippen LogP contribution < -0.4 is 10.6 Å². The molecule has 10 heterocycles. The van der Waals surface area contributed by atoms with E-state index in [2.05, 4.69) is 10.6 Å². The molecule has 0 aromatic rings. The molecule has 0 unspecified atom stereocenters. The molecule has 117 heavy (non-hydrogen) atoms. The maximum Gasteiger partial charge on any atom is 0.217 e. The van der Waals surface area contributed by atoms with E-state index in [1.165, 1.54) is 0 Å². The zero-order chi connectivity index (χ0) is 85.9. The van der Waals surface area contributed by atoms with Crippen LogP contribution >= 0.6 is 0 Å². The Bertz CT molecular complexity index is 3050. The normalized spacial score (nSPS) is 51.5. The Balaban J connectivity index is 1.01. The van der Waals surface area contributed by atoms with Gasteiger partial charge in [0.15, 0.2) is 62.9 Å². The summed E-state index contributed by atoms with van der Waals surface area (Å²) in [5, 5.41) is 337. The first-order valence-electron chi connectivity index (χ1n) is 37.2. The maximum atomic E-state index is 13.0. The first kappa shape index (κ1) is 96.2. The number of carbonyl (C=O) groups excluding carboxylic acids is 2. The molecule has 10 aliphatic heterocycles. The lowest BCUT2D eigenvalue weighted by atomic mass is 9.94. The number of ether oxygens (including phenoxy) is 19. The fourth-order valence-electron chi connectivity index (χ4n) is 15.0. The highest BCUT2D eigenvalue weighted by molar-refractivity contribution is 5.73. The molecule has 0 radical (unpaired) electrons. The smallest absolute Gasteiger partial charge is 0.217 e. The fourth-order valence-corrected chi connectivity index (χ4v) is 15.0. The van der Waals surface area contributed by atoms with E-state index < -0.39 is 385 Å². The maximum absolute atomic E-state index is 13.0. The standard InChI is InChI=1S/C64H108N2O51/c1-13(75)65-25-35(85)48(21(9-73)101-55(25)98)111-56-26(66-14(2)76)36(86)49(22(10-74)108-56)112-61-47(97)51(114-64-54(42(92)32(82)20(8-72)107-64)117-60-45(95)39(89)29(79)17(5-69)104-60)34(84)24(110-61)11-99-57-46(96)50(113-63-53(41(91)31(81)19(7-71)106-63)116-59-44(94)38(88)28(78)16(4-68)103-59)33(83)23(109-57)12-100-62-52(40(90)30(80)18(6-70)105-62)115-58-43(93)37(87)27(77)15(3-67)102-58/h15-64,67-74,77-98H,3-12H2,1-2H3,(H,65,75)(H,66,76)/t15-,16-,17-,18-,19-,20-,21-,22-,23-,24-,25-,26-,27-,28-,29-,30-,31-,32-,33-,34-,35-,36-,37+,38+,39+,40+,41+,42+,43+,44+,45+,46+,47+,48-,49-,50+,51+,52+,53+,54+,55-,56+,57+,58+,59-,60-,61+,62+,63-,64-/m1/s1. The molecular weight excluding hydrogens is 1610 g/mol. The Labute approximate surface area is 660 Å². The van der Waals surface area contributed by atoms with Gasteiger partial charge in [-0.05, 0) is 0 Å². The van der Waals surface area contributed by atoms with E-state index in [1.54, 1.807) is 0 Å². The van der Waals surface area contributed by atoms with E-state index in [9.17, 15) is 163 Å². The SMILES string of the molecule is CC(=O)N[C@@H]1[C@@H](O)[C@H](O[C@@H]2O[C@H](CO)[C@@H](O[C@@H]3O[C@H](CO[C@H]4O[C@H](CO[C@H]5O[C@H](CO)[C@@H](O)[C@H](O)[C@@H]5O[C@@H]5O[C@H](CO)[C@@H](O)[C@H](O)[C@@H]5O)[C@@H](O)[C@H](O[C@H]5O[C@H](CO)[C@@H](O)[C@H](O)[C@@H]5O[C@H]5O[C@H](CO)[C@@H](O)[C@H](O)[C@@H]5O)[C@@H]4O)[C@@H](O)[C@H](O[C@H]4O[C@H](CO)[C@@H](O)[C@H](O)[C@@H]4O[C@H]4O[C@H](CO)[C@@H](O)[C@H](O)[C@@H]4O)[C@@H]3O)[C@H](O)[C@H]2NC(C)=O)[C@@H](CO)O[C@H]1O. The molecule has 50 atom stereocenters. The lowest BCUT2D eigenvalue weighted by molar-refractivity contribution is -0.401. The molecule has 0 bridgehead atoms. The molecular formula is C64H108N2O51. The van der Waals surface area contributed by atoms with Crippen molar-refractivity contribution in [1.82, 2.24) is 10.6 Å². The van der Waals surface area contributed by atoms with Crippen molar-refractivity contribution in [2.75, 3.05) is 66.1 Å². The minimum atomic E-state index is -2.60. The number of carbonyl (C=O) groups is 2. The molecule has 0 spiro atoms. The van der Waals surface area contributed by atoms with E-state index >= 15 is 0 Å². The number of hydrogen-bond acceptors (Lipinski definition) is 51. The molecule has 10 fully saturated rings. The zero-order valence-corrected chi connectivity index (χ0v) is 61.9. The monoisotopic (exact) mass is 1720 g/mol. The van der Waals surface area contributed by atoms with Crippen molar-refractivity contribution in [2.45, 2.75) is 321 Å². The van der Waals surface area contributed by atoms with E-state index in [1.807, 2.05) is 0 Å². The highest BCUT2D eigenvalue weighted by Gasteiger charge is 2.61. The van der Waals surface area contributed by atoms with Crippen molar-refractivity contribution in [3.63, 3.8) is 0 Å². The van der Waals surface area contributed by atoms with E-state index in [0.29, 0.717) is 0 Å². The lowest BCUT2D eigenvalue weighted by Crippen LogP contribution is -2.70. The summed E-state index contributed by atoms with van der Waals surface area (Å²) in [6.45, 7) is -9.35. The Morgan fingerprint density at radius 1 is 0.222 bits per heavy atom. The summed E-state index contributed by atoms with van der Waals surface area (Å²) in [6, 6.07) is -3.62. The largest absolute Gasteiger partial charge is 0.394 e. The van der Waals surface area contributed by atoms with Crippen LogP contribution in [-0.4, -0.2) is 538 Å². The predicted molar refractivity (Wildman–Crippen MR) is 353 cm³/mol. The van der Waals surface area contributed by atoms with Crippen LogP contribution in [0.5, 0.6) is 0 Å². The van der Waals surface area contributed by atoms with E-state index in [-0.39, 0.29) is 0 Å². The van der Waals surface area contributed by atoms with E-state index in [0.717, 1.165) is 13.8 Å². The van der Waals surface area contributed by atoms with Crippen molar-refractivity contribution < 1.29 is 253 Å². The summed E-state index contributed by atoms with van der Waals surface area (Å²) < 4.78 is 111. The molecule has 0 aromatic heterocycles. The first-order valence-corrected chi connectivity index (χ1v) is 37.2. The van der Waals surface area contributed by atoms with Gasteiger partial charge in [0.05, 0.1) is 66.1 Å². The summed E-state index contributed by atoms with van der Waals surface area (Å²) in [4.78, 5) is 25.2. The van der Waals surface area contributed by atoms with Crippen molar-refractivity contribution >= 4 is 11.8 Å².